The van der Waals surface area contributed by atoms with E-state index in [0.717, 1.165) is 28.2 Å². The number of fused-ring (bicyclic) bond motifs is 1. The van der Waals surface area contributed by atoms with E-state index in [1.165, 1.54) is 0 Å². The van der Waals surface area contributed by atoms with Gasteiger partial charge in [-0.1, -0.05) is 0 Å². The Balaban J connectivity index is 1.50. The van der Waals surface area contributed by atoms with Crippen molar-refractivity contribution < 1.29 is 19.0 Å². The number of aryl methyl sites for hydroxylation is 1. The van der Waals surface area contributed by atoms with Crippen molar-refractivity contribution in [2.75, 3.05) is 26.1 Å². The number of anilines is 1. The molecule has 1 N–H and O–H groups in total. The molecule has 0 aliphatic heterocycles. The van der Waals surface area contributed by atoms with Gasteiger partial charge >= 0.3 is 0 Å². The van der Waals surface area contributed by atoms with Crippen molar-refractivity contribution in [1.29, 1.82) is 0 Å². The average molecular weight is 417 g/mol. The molecule has 2 heterocycles. The molecular weight excluding hydrogens is 394 g/mol. The molecule has 0 aliphatic rings. The molecule has 0 radical (unpaired) electrons. The van der Waals surface area contributed by atoms with Crippen LogP contribution in [-0.4, -0.2) is 36.1 Å². The maximum Gasteiger partial charge on any atom is 0.262 e. The van der Waals surface area contributed by atoms with Crippen molar-refractivity contribution in [2.24, 2.45) is 0 Å². The highest BCUT2D eigenvalue weighted by Gasteiger charge is 2.12. The van der Waals surface area contributed by atoms with E-state index in [4.69, 9.17) is 14.2 Å². The second kappa shape index (κ2) is 8.79. The molecule has 0 unspecified atom stereocenters. The van der Waals surface area contributed by atoms with Crippen LogP contribution < -0.4 is 19.5 Å². The lowest BCUT2D eigenvalue weighted by Crippen LogP contribution is -2.20. The topological polar surface area (TPSA) is 74.1 Å². The molecule has 31 heavy (non-hydrogen) atoms. The Morgan fingerprint density at radius 1 is 1.00 bits per heavy atom. The molecule has 0 bridgehead atoms. The summed E-state index contributed by atoms with van der Waals surface area (Å²) in [5, 5.41) is 2.86. The Kier molecular flexibility index (Phi) is 5.75. The largest absolute Gasteiger partial charge is 0.497 e. The van der Waals surface area contributed by atoms with Crippen molar-refractivity contribution in [2.45, 2.75) is 6.92 Å². The third kappa shape index (κ3) is 4.61. The first-order valence-corrected chi connectivity index (χ1v) is 9.76. The smallest absolute Gasteiger partial charge is 0.262 e. The van der Waals surface area contributed by atoms with E-state index in [-0.39, 0.29) is 12.5 Å². The van der Waals surface area contributed by atoms with Gasteiger partial charge in [-0.05, 0) is 67.1 Å². The van der Waals surface area contributed by atoms with Crippen LogP contribution in [-0.2, 0) is 4.79 Å². The van der Waals surface area contributed by atoms with Crippen molar-refractivity contribution in [3.63, 3.8) is 0 Å². The lowest BCUT2D eigenvalue weighted by Gasteiger charge is -2.12. The van der Waals surface area contributed by atoms with Crippen LogP contribution in [0.25, 0.3) is 16.9 Å². The Morgan fingerprint density at radius 3 is 2.52 bits per heavy atom. The number of benzene rings is 2. The first-order chi connectivity index (χ1) is 15.1. The highest BCUT2D eigenvalue weighted by atomic mass is 16.5. The number of ether oxygens (including phenoxy) is 3. The normalized spacial score (nSPS) is 10.7. The molecule has 4 aromatic rings. The average Bonchev–Trinajstić information content (AvgIpc) is 3.21. The fourth-order valence-electron chi connectivity index (χ4n) is 3.19. The number of nitrogens with one attached hydrogen (secondary N) is 1. The van der Waals surface area contributed by atoms with E-state index >= 15 is 0 Å². The van der Waals surface area contributed by atoms with E-state index in [1.807, 2.05) is 54.0 Å². The number of rotatable bonds is 7. The Morgan fingerprint density at radius 2 is 1.77 bits per heavy atom. The quantitative estimate of drug-likeness (QED) is 0.484. The van der Waals surface area contributed by atoms with Gasteiger partial charge in [-0.15, -0.1) is 0 Å². The van der Waals surface area contributed by atoms with Gasteiger partial charge in [0, 0.05) is 18.0 Å². The van der Waals surface area contributed by atoms with Crippen molar-refractivity contribution in [3.8, 4) is 28.5 Å². The van der Waals surface area contributed by atoms with Crippen LogP contribution in [0.4, 0.5) is 5.69 Å². The molecule has 0 saturated carbocycles. The van der Waals surface area contributed by atoms with E-state index in [2.05, 4.69) is 10.3 Å². The van der Waals surface area contributed by atoms with Crippen LogP contribution in [0.3, 0.4) is 0 Å². The summed E-state index contributed by atoms with van der Waals surface area (Å²) in [6.07, 6.45) is 3.93. The molecule has 7 heteroatoms. The van der Waals surface area contributed by atoms with Crippen LogP contribution in [0.2, 0.25) is 0 Å². The van der Waals surface area contributed by atoms with E-state index in [1.54, 1.807) is 38.5 Å². The maximum atomic E-state index is 12.5. The summed E-state index contributed by atoms with van der Waals surface area (Å²) < 4.78 is 18.0. The minimum absolute atomic E-state index is 0.132. The first kappa shape index (κ1) is 20.3. The first-order valence-electron chi connectivity index (χ1n) is 9.76. The van der Waals surface area contributed by atoms with Gasteiger partial charge in [0.25, 0.3) is 5.91 Å². The van der Waals surface area contributed by atoms with Gasteiger partial charge in [0.05, 0.1) is 25.6 Å². The summed E-state index contributed by atoms with van der Waals surface area (Å²) in [5.74, 6) is 1.56. The summed E-state index contributed by atoms with van der Waals surface area (Å²) in [5.41, 5.74) is 4.23. The third-order valence-corrected chi connectivity index (χ3v) is 4.81. The van der Waals surface area contributed by atoms with Crippen LogP contribution in [0.5, 0.6) is 17.2 Å². The zero-order chi connectivity index (χ0) is 21.8. The molecular formula is C24H23N3O4. The molecule has 0 fully saturated rings. The molecule has 0 aliphatic carbocycles. The zero-order valence-electron chi connectivity index (χ0n) is 17.6. The molecule has 2 aromatic carbocycles. The van der Waals surface area contributed by atoms with Crippen LogP contribution in [0.15, 0.2) is 67.0 Å². The fraction of sp³-hybridized carbons (Fsp3) is 0.167. The maximum absolute atomic E-state index is 12.5. The predicted molar refractivity (Wildman–Crippen MR) is 119 cm³/mol. The van der Waals surface area contributed by atoms with Crippen molar-refractivity contribution in [3.05, 3.63) is 72.6 Å². The predicted octanol–water partition coefficient (Wildman–Crippen LogP) is 4.34. The van der Waals surface area contributed by atoms with Gasteiger partial charge in [-0.2, -0.15) is 0 Å². The van der Waals surface area contributed by atoms with Gasteiger partial charge in [0.15, 0.2) is 6.61 Å². The molecule has 0 atom stereocenters. The monoisotopic (exact) mass is 417 g/mol. The van der Waals surface area contributed by atoms with Crippen LogP contribution in [0, 0.1) is 6.92 Å². The summed E-state index contributed by atoms with van der Waals surface area (Å²) in [4.78, 5) is 17.2. The number of hydrogen-bond donors (Lipinski definition) is 1. The Bertz CT molecular complexity index is 1220. The Labute approximate surface area is 180 Å². The lowest BCUT2D eigenvalue weighted by atomic mass is 10.1. The lowest BCUT2D eigenvalue weighted by molar-refractivity contribution is -0.118. The second-order valence-corrected chi connectivity index (χ2v) is 7.02. The highest BCUT2D eigenvalue weighted by Crippen LogP contribution is 2.30. The zero-order valence-corrected chi connectivity index (χ0v) is 17.6. The van der Waals surface area contributed by atoms with Crippen molar-refractivity contribution in [1.82, 2.24) is 9.38 Å². The van der Waals surface area contributed by atoms with Gasteiger partial charge < -0.3 is 23.9 Å². The molecule has 1 amide bonds. The number of amides is 1. The molecule has 0 saturated heterocycles. The number of hydrogen-bond acceptors (Lipinski definition) is 5. The van der Waals surface area contributed by atoms with Gasteiger partial charge in [0.2, 0.25) is 0 Å². The second-order valence-electron chi connectivity index (χ2n) is 7.02. The SMILES string of the molecule is COc1ccc(OCC(=O)Nc2cc(-c3cn4ccc(C)cc4n3)ccc2OC)cc1. The summed E-state index contributed by atoms with van der Waals surface area (Å²) >= 11 is 0. The Hall–Kier alpha value is -4.00. The van der Waals surface area contributed by atoms with E-state index in [9.17, 15) is 4.79 Å². The third-order valence-electron chi connectivity index (χ3n) is 4.81. The molecule has 0 spiro atoms. The highest BCUT2D eigenvalue weighted by molar-refractivity contribution is 5.94. The van der Waals surface area contributed by atoms with Gasteiger partial charge in [-0.25, -0.2) is 4.98 Å². The molecule has 2 aromatic heterocycles. The van der Waals surface area contributed by atoms with Crippen molar-refractivity contribution >= 4 is 17.2 Å². The number of aromatic nitrogens is 2. The van der Waals surface area contributed by atoms with Crippen LogP contribution >= 0.6 is 0 Å². The number of pyridine rings is 1. The standard InChI is InChI=1S/C24H23N3O4/c1-16-10-11-27-14-21(25-23(27)12-16)17-4-9-22(30-3)20(13-17)26-24(28)15-31-19-7-5-18(29-2)6-8-19/h4-14H,15H2,1-3H3,(H,26,28). The molecule has 158 valence electrons. The van der Waals surface area contributed by atoms with Gasteiger partial charge in [-0.3, -0.25) is 4.79 Å². The minimum Gasteiger partial charge on any atom is -0.497 e. The number of methoxy groups -OCH3 is 2. The van der Waals surface area contributed by atoms with E-state index in [0.29, 0.717) is 17.2 Å². The van der Waals surface area contributed by atoms with Gasteiger partial charge in [0.1, 0.15) is 22.9 Å². The molecule has 4 rings (SSSR count). The number of nitrogens with zero attached hydrogens (tertiary/aromatic N) is 2. The number of carbonyl (C=O) groups excluding carboxylic acids is 1. The van der Waals surface area contributed by atoms with Crippen LogP contribution in [0.1, 0.15) is 5.56 Å². The number of carbonyl (C=O) groups is 1. The number of imidazole rings is 1. The fourth-order valence-corrected chi connectivity index (χ4v) is 3.19. The minimum atomic E-state index is -0.295. The summed E-state index contributed by atoms with van der Waals surface area (Å²) in [6, 6.07) is 16.7. The summed E-state index contributed by atoms with van der Waals surface area (Å²) in [7, 11) is 3.16. The molecule has 7 nitrogen and oxygen atoms in total. The van der Waals surface area contributed by atoms with E-state index < -0.39 is 0 Å². The summed E-state index contributed by atoms with van der Waals surface area (Å²) in [6.45, 7) is 1.90.